The van der Waals surface area contributed by atoms with E-state index in [1.54, 1.807) is 0 Å². The Kier molecular flexibility index (Phi) is 6.70. The third-order valence-corrected chi connectivity index (χ3v) is 5.58. The van der Waals surface area contributed by atoms with E-state index in [0.717, 1.165) is 50.3 Å². The van der Waals surface area contributed by atoms with E-state index in [1.807, 2.05) is 12.1 Å². The Labute approximate surface area is 154 Å². The highest BCUT2D eigenvalue weighted by molar-refractivity contribution is 6.30. The maximum atomic E-state index is 12.4. The number of halogens is 1. The fourth-order valence-electron chi connectivity index (χ4n) is 3.67. The number of nitrogens with one attached hydrogen (secondary N) is 1. The SMILES string of the molecule is NC(C(=O)NC1CCN(Cc2ccc(Cl)cc2)CC1)C1CCOCC1. The van der Waals surface area contributed by atoms with Crippen LogP contribution in [-0.4, -0.2) is 49.2 Å². The average molecular weight is 366 g/mol. The summed E-state index contributed by atoms with van der Waals surface area (Å²) in [5, 5.41) is 3.93. The maximum Gasteiger partial charge on any atom is 0.237 e. The number of nitrogens with two attached hydrogens (primary N) is 1. The molecule has 1 atom stereocenters. The zero-order chi connectivity index (χ0) is 17.6. The van der Waals surface area contributed by atoms with Crippen molar-refractivity contribution >= 4 is 17.5 Å². The molecule has 2 saturated heterocycles. The number of nitrogens with zero attached hydrogens (tertiary/aromatic N) is 1. The fourth-order valence-corrected chi connectivity index (χ4v) is 3.80. The molecule has 0 aromatic heterocycles. The van der Waals surface area contributed by atoms with E-state index in [9.17, 15) is 4.79 Å². The molecule has 3 N–H and O–H groups in total. The molecule has 1 unspecified atom stereocenters. The minimum Gasteiger partial charge on any atom is -0.381 e. The molecule has 2 aliphatic heterocycles. The number of carbonyl (C=O) groups excluding carboxylic acids is 1. The molecule has 25 heavy (non-hydrogen) atoms. The van der Waals surface area contributed by atoms with Crippen LogP contribution in [0, 0.1) is 5.92 Å². The molecule has 5 nitrogen and oxygen atoms in total. The third-order valence-electron chi connectivity index (χ3n) is 5.33. The maximum absolute atomic E-state index is 12.4. The molecule has 1 aromatic carbocycles. The molecule has 0 aliphatic carbocycles. The van der Waals surface area contributed by atoms with E-state index in [0.29, 0.717) is 13.2 Å². The van der Waals surface area contributed by atoms with Crippen molar-refractivity contribution in [1.29, 1.82) is 0 Å². The highest BCUT2D eigenvalue weighted by Crippen LogP contribution is 2.19. The van der Waals surface area contributed by atoms with Gasteiger partial charge in [-0.05, 0) is 49.3 Å². The highest BCUT2D eigenvalue weighted by atomic mass is 35.5. The summed E-state index contributed by atoms with van der Waals surface area (Å²) in [5.74, 6) is 0.252. The van der Waals surface area contributed by atoms with Gasteiger partial charge in [-0.3, -0.25) is 9.69 Å². The average Bonchev–Trinajstić information content (AvgIpc) is 2.65. The van der Waals surface area contributed by atoms with Crippen molar-refractivity contribution in [3.63, 3.8) is 0 Å². The Morgan fingerprint density at radius 1 is 1.20 bits per heavy atom. The lowest BCUT2D eigenvalue weighted by molar-refractivity contribution is -0.125. The lowest BCUT2D eigenvalue weighted by atomic mass is 9.91. The Morgan fingerprint density at radius 3 is 2.48 bits per heavy atom. The number of hydrogen-bond acceptors (Lipinski definition) is 4. The van der Waals surface area contributed by atoms with E-state index in [1.165, 1.54) is 5.56 Å². The molecule has 6 heteroatoms. The molecule has 2 aliphatic rings. The standard InChI is InChI=1S/C19H28ClN3O2/c20-16-3-1-14(2-4-16)13-23-9-5-17(6-10-23)22-19(24)18(21)15-7-11-25-12-8-15/h1-4,15,17-18H,5-13,21H2,(H,22,24). The van der Waals surface area contributed by atoms with Gasteiger partial charge in [0.25, 0.3) is 0 Å². The van der Waals surface area contributed by atoms with Gasteiger partial charge in [0.2, 0.25) is 5.91 Å². The van der Waals surface area contributed by atoms with E-state index in [-0.39, 0.29) is 17.9 Å². The first-order chi connectivity index (χ1) is 12.1. The molecule has 0 spiro atoms. The summed E-state index contributed by atoms with van der Waals surface area (Å²) in [5.41, 5.74) is 7.43. The quantitative estimate of drug-likeness (QED) is 0.839. The van der Waals surface area contributed by atoms with Crippen molar-refractivity contribution in [3.8, 4) is 0 Å². The van der Waals surface area contributed by atoms with Crippen LogP contribution in [0.1, 0.15) is 31.2 Å². The zero-order valence-corrected chi connectivity index (χ0v) is 15.4. The number of amides is 1. The number of carbonyl (C=O) groups is 1. The number of rotatable bonds is 5. The van der Waals surface area contributed by atoms with Gasteiger partial charge in [-0.25, -0.2) is 0 Å². The van der Waals surface area contributed by atoms with Crippen LogP contribution in [0.4, 0.5) is 0 Å². The lowest BCUT2D eigenvalue weighted by Gasteiger charge is -2.34. The Morgan fingerprint density at radius 2 is 1.84 bits per heavy atom. The summed E-state index contributed by atoms with van der Waals surface area (Å²) < 4.78 is 5.35. The van der Waals surface area contributed by atoms with Gasteiger partial charge >= 0.3 is 0 Å². The number of likely N-dealkylation sites (tertiary alicyclic amines) is 1. The first kappa shape index (κ1) is 18.6. The van der Waals surface area contributed by atoms with E-state index < -0.39 is 6.04 Å². The topological polar surface area (TPSA) is 67.6 Å². The summed E-state index contributed by atoms with van der Waals surface area (Å²) in [7, 11) is 0. The van der Waals surface area contributed by atoms with Gasteiger partial charge in [0.15, 0.2) is 0 Å². The van der Waals surface area contributed by atoms with Crippen LogP contribution in [0.15, 0.2) is 24.3 Å². The second kappa shape index (κ2) is 8.99. The number of hydrogen-bond donors (Lipinski definition) is 2. The smallest absolute Gasteiger partial charge is 0.237 e. The fraction of sp³-hybridized carbons (Fsp3) is 0.632. The van der Waals surface area contributed by atoms with Gasteiger partial charge < -0.3 is 15.8 Å². The lowest BCUT2D eigenvalue weighted by Crippen LogP contribution is -2.52. The van der Waals surface area contributed by atoms with Crippen molar-refractivity contribution in [1.82, 2.24) is 10.2 Å². The molecular formula is C19H28ClN3O2. The molecule has 2 heterocycles. The summed E-state index contributed by atoms with van der Waals surface area (Å²) in [4.78, 5) is 14.8. The van der Waals surface area contributed by atoms with Crippen LogP contribution in [0.2, 0.25) is 5.02 Å². The minimum atomic E-state index is -0.406. The van der Waals surface area contributed by atoms with Crippen molar-refractivity contribution in [2.45, 2.75) is 44.3 Å². The number of benzene rings is 1. The molecule has 0 saturated carbocycles. The van der Waals surface area contributed by atoms with Gasteiger partial charge in [0, 0.05) is 43.9 Å². The Balaban J connectivity index is 1.41. The Bertz CT molecular complexity index is 552. The van der Waals surface area contributed by atoms with E-state index >= 15 is 0 Å². The van der Waals surface area contributed by atoms with Gasteiger partial charge in [-0.15, -0.1) is 0 Å². The second-order valence-electron chi connectivity index (χ2n) is 7.16. The van der Waals surface area contributed by atoms with Crippen LogP contribution in [-0.2, 0) is 16.1 Å². The third kappa shape index (κ3) is 5.42. The normalized spacial score (nSPS) is 21.8. The van der Waals surface area contributed by atoms with Crippen molar-refractivity contribution < 1.29 is 9.53 Å². The van der Waals surface area contributed by atoms with Crippen LogP contribution < -0.4 is 11.1 Å². The molecule has 1 aromatic rings. The van der Waals surface area contributed by atoms with Crippen molar-refractivity contribution in [2.24, 2.45) is 11.7 Å². The first-order valence-electron chi connectivity index (χ1n) is 9.22. The van der Waals surface area contributed by atoms with Gasteiger partial charge in [-0.2, -0.15) is 0 Å². The van der Waals surface area contributed by atoms with Crippen LogP contribution >= 0.6 is 11.6 Å². The summed E-state index contributed by atoms with van der Waals surface area (Å²) in [6.07, 6.45) is 3.71. The zero-order valence-electron chi connectivity index (χ0n) is 14.6. The number of ether oxygens (including phenoxy) is 1. The highest BCUT2D eigenvalue weighted by Gasteiger charge is 2.29. The van der Waals surface area contributed by atoms with E-state index in [4.69, 9.17) is 22.1 Å². The summed E-state index contributed by atoms with van der Waals surface area (Å²) in [6.45, 7) is 4.34. The number of piperidine rings is 1. The monoisotopic (exact) mass is 365 g/mol. The van der Waals surface area contributed by atoms with Gasteiger partial charge in [0.1, 0.15) is 0 Å². The molecule has 0 radical (unpaired) electrons. The summed E-state index contributed by atoms with van der Waals surface area (Å²) in [6, 6.07) is 7.84. The minimum absolute atomic E-state index is 0.00283. The van der Waals surface area contributed by atoms with Crippen LogP contribution in [0.25, 0.3) is 0 Å². The van der Waals surface area contributed by atoms with Crippen molar-refractivity contribution in [3.05, 3.63) is 34.9 Å². The van der Waals surface area contributed by atoms with Crippen molar-refractivity contribution in [2.75, 3.05) is 26.3 Å². The van der Waals surface area contributed by atoms with Crippen LogP contribution in [0.5, 0.6) is 0 Å². The second-order valence-corrected chi connectivity index (χ2v) is 7.60. The molecule has 1 amide bonds. The molecule has 138 valence electrons. The van der Waals surface area contributed by atoms with Crippen LogP contribution in [0.3, 0.4) is 0 Å². The molecule has 0 bridgehead atoms. The predicted octanol–water partition coefficient (Wildman–Crippen LogP) is 2.17. The predicted molar refractivity (Wildman–Crippen MR) is 99.4 cm³/mol. The summed E-state index contributed by atoms with van der Waals surface area (Å²) >= 11 is 5.93. The molecule has 3 rings (SSSR count). The Hall–Kier alpha value is -1.14. The molecular weight excluding hydrogens is 338 g/mol. The first-order valence-corrected chi connectivity index (χ1v) is 9.60. The van der Waals surface area contributed by atoms with E-state index in [2.05, 4.69) is 22.3 Å². The molecule has 2 fully saturated rings. The van der Waals surface area contributed by atoms with Gasteiger partial charge in [0.05, 0.1) is 6.04 Å². The largest absolute Gasteiger partial charge is 0.381 e. The van der Waals surface area contributed by atoms with Gasteiger partial charge in [-0.1, -0.05) is 23.7 Å².